The van der Waals surface area contributed by atoms with Gasteiger partial charge in [-0.25, -0.2) is 9.97 Å². The van der Waals surface area contributed by atoms with Crippen molar-refractivity contribution in [2.75, 3.05) is 18.9 Å². The van der Waals surface area contributed by atoms with Crippen molar-refractivity contribution in [2.45, 2.75) is 43.8 Å². The van der Waals surface area contributed by atoms with E-state index in [9.17, 15) is 0 Å². The van der Waals surface area contributed by atoms with Gasteiger partial charge < -0.3 is 26.6 Å². The number of hydrogen-bond donors (Lipinski definition) is 4. The van der Waals surface area contributed by atoms with Crippen LogP contribution in [0.2, 0.25) is 0 Å². The number of piperidine rings is 1. The molecule has 2 saturated heterocycles. The van der Waals surface area contributed by atoms with Crippen molar-refractivity contribution in [3.05, 3.63) is 41.4 Å². The van der Waals surface area contributed by atoms with Gasteiger partial charge in [-0.2, -0.15) is 5.26 Å². The second kappa shape index (κ2) is 6.84. The van der Waals surface area contributed by atoms with E-state index in [2.05, 4.69) is 37.9 Å². The molecule has 0 aromatic carbocycles. The van der Waals surface area contributed by atoms with Crippen molar-refractivity contribution < 1.29 is 0 Å². The molecule has 3 atom stereocenters. The fourth-order valence-corrected chi connectivity index (χ4v) is 4.13. The molecule has 8 heteroatoms. The summed E-state index contributed by atoms with van der Waals surface area (Å²) in [5, 5.41) is 18.9. The monoisotopic (exact) mass is 352 g/mol. The van der Waals surface area contributed by atoms with Crippen LogP contribution in [-0.2, 0) is 0 Å². The Morgan fingerprint density at radius 1 is 1.27 bits per heavy atom. The molecule has 3 aliphatic rings. The van der Waals surface area contributed by atoms with Crippen molar-refractivity contribution in [1.82, 2.24) is 25.5 Å². The van der Waals surface area contributed by atoms with Crippen LogP contribution in [0.3, 0.4) is 0 Å². The minimum absolute atomic E-state index is 0.296. The zero-order chi connectivity index (χ0) is 18.1. The van der Waals surface area contributed by atoms with Gasteiger partial charge in [0.2, 0.25) is 0 Å². The number of dihydropyridines is 1. The van der Waals surface area contributed by atoms with Crippen molar-refractivity contribution in [3.63, 3.8) is 0 Å². The van der Waals surface area contributed by atoms with E-state index in [0.717, 1.165) is 30.1 Å². The lowest BCUT2D eigenvalue weighted by molar-refractivity contribution is 0.153. The number of nitriles is 1. The zero-order valence-electron chi connectivity index (χ0n) is 14.9. The summed E-state index contributed by atoms with van der Waals surface area (Å²) >= 11 is 0. The van der Waals surface area contributed by atoms with E-state index in [4.69, 9.17) is 11.0 Å². The Labute approximate surface area is 153 Å². The van der Waals surface area contributed by atoms with Gasteiger partial charge in [0.15, 0.2) is 5.69 Å². The van der Waals surface area contributed by atoms with Crippen molar-refractivity contribution in [3.8, 4) is 6.07 Å². The number of nitrogens with one attached hydrogen (secondary N) is 3. The molecule has 4 rings (SSSR count). The summed E-state index contributed by atoms with van der Waals surface area (Å²) in [6.07, 6.45) is 9.90. The predicted octanol–water partition coefficient (Wildman–Crippen LogP) is 0.590. The summed E-state index contributed by atoms with van der Waals surface area (Å²) < 4.78 is 0. The van der Waals surface area contributed by atoms with E-state index in [1.807, 2.05) is 12.1 Å². The van der Waals surface area contributed by atoms with Crippen LogP contribution in [0, 0.1) is 11.3 Å². The number of nitrogens with zero attached hydrogens (tertiary/aromatic N) is 4. The Bertz CT molecular complexity index is 761. The molecule has 0 aliphatic carbocycles. The smallest absolute Gasteiger partial charge is 0.158 e. The van der Waals surface area contributed by atoms with Gasteiger partial charge in [-0.3, -0.25) is 0 Å². The predicted molar refractivity (Wildman–Crippen MR) is 98.4 cm³/mol. The van der Waals surface area contributed by atoms with Crippen LogP contribution in [-0.4, -0.2) is 46.6 Å². The molecule has 2 bridgehead atoms. The molecular formula is C18H24N8. The molecule has 1 unspecified atom stereocenters. The highest BCUT2D eigenvalue weighted by molar-refractivity contribution is 5.44. The molecular weight excluding hydrogens is 328 g/mol. The van der Waals surface area contributed by atoms with E-state index in [0.29, 0.717) is 36.2 Å². The molecule has 136 valence electrons. The van der Waals surface area contributed by atoms with Crippen LogP contribution in [0.1, 0.15) is 31.4 Å². The standard InChI is InChI=1S/C18H24N8/c1-26-13-2-3-14(26)5-11(4-13)24-16-6-17(23-9-15(16)20)25-18-10-21-12(7-19)8-22-18/h6,8,10-11,13-14,23-24H,2-5,9,20H2,1H3,(H,22,25)/t11?,13-,14+. The summed E-state index contributed by atoms with van der Waals surface area (Å²) in [5.74, 6) is 1.40. The van der Waals surface area contributed by atoms with Crippen LogP contribution < -0.4 is 21.7 Å². The SMILES string of the molecule is CN1[C@@H]2CC[C@H]1CC(NC1=C(N)CNC(Nc3cnc(C#N)cn3)=C1)C2. The second-order valence-electron chi connectivity index (χ2n) is 7.24. The van der Waals surface area contributed by atoms with Crippen LogP contribution in [0.25, 0.3) is 0 Å². The first kappa shape index (κ1) is 16.7. The zero-order valence-corrected chi connectivity index (χ0v) is 14.9. The first-order valence-corrected chi connectivity index (χ1v) is 9.04. The average Bonchev–Trinajstić information content (AvgIpc) is 2.86. The number of aromatic nitrogens is 2. The Balaban J connectivity index is 1.43. The van der Waals surface area contributed by atoms with Gasteiger partial charge in [0.1, 0.15) is 17.7 Å². The maximum absolute atomic E-state index is 8.80. The average molecular weight is 352 g/mol. The third kappa shape index (κ3) is 3.30. The third-order valence-corrected chi connectivity index (χ3v) is 5.59. The van der Waals surface area contributed by atoms with E-state index in [-0.39, 0.29) is 0 Å². The van der Waals surface area contributed by atoms with Gasteiger partial charge in [0.05, 0.1) is 30.3 Å². The molecule has 3 aliphatic heterocycles. The van der Waals surface area contributed by atoms with Crippen LogP contribution in [0.15, 0.2) is 35.7 Å². The number of nitrogens with two attached hydrogens (primary N) is 1. The molecule has 0 radical (unpaired) electrons. The molecule has 1 aromatic heterocycles. The number of hydrogen-bond acceptors (Lipinski definition) is 8. The topological polar surface area (TPSA) is 115 Å². The maximum atomic E-state index is 8.80. The molecule has 2 fully saturated rings. The first-order valence-electron chi connectivity index (χ1n) is 9.04. The van der Waals surface area contributed by atoms with Gasteiger partial charge in [-0.05, 0) is 32.7 Å². The summed E-state index contributed by atoms with van der Waals surface area (Å²) in [5.41, 5.74) is 8.29. The maximum Gasteiger partial charge on any atom is 0.158 e. The molecule has 5 N–H and O–H groups in total. The molecule has 1 aromatic rings. The highest BCUT2D eigenvalue weighted by Gasteiger charge is 2.38. The second-order valence-corrected chi connectivity index (χ2v) is 7.24. The minimum atomic E-state index is 0.296. The number of allylic oxidation sites excluding steroid dienone is 1. The molecule has 26 heavy (non-hydrogen) atoms. The lowest BCUT2D eigenvalue weighted by Gasteiger charge is -2.37. The summed E-state index contributed by atoms with van der Waals surface area (Å²) in [6.45, 7) is 0.574. The normalized spacial score (nSPS) is 28.2. The van der Waals surface area contributed by atoms with E-state index >= 15 is 0 Å². The molecule has 4 heterocycles. The highest BCUT2D eigenvalue weighted by atomic mass is 15.2. The third-order valence-electron chi connectivity index (χ3n) is 5.59. The molecule has 0 spiro atoms. The quantitative estimate of drug-likeness (QED) is 0.622. The first-order chi connectivity index (χ1) is 12.6. The Hall–Kier alpha value is -2.79. The molecule has 8 nitrogen and oxygen atoms in total. The lowest BCUT2D eigenvalue weighted by atomic mass is 9.97. The van der Waals surface area contributed by atoms with Gasteiger partial charge in [0.25, 0.3) is 0 Å². The van der Waals surface area contributed by atoms with E-state index < -0.39 is 0 Å². The Morgan fingerprint density at radius 2 is 2.04 bits per heavy atom. The summed E-state index contributed by atoms with van der Waals surface area (Å²) in [6, 6.07) is 3.79. The number of anilines is 1. The largest absolute Gasteiger partial charge is 0.399 e. The summed E-state index contributed by atoms with van der Waals surface area (Å²) in [4.78, 5) is 10.7. The van der Waals surface area contributed by atoms with Crippen LogP contribution >= 0.6 is 0 Å². The van der Waals surface area contributed by atoms with Gasteiger partial charge in [0, 0.05) is 24.2 Å². The Morgan fingerprint density at radius 3 is 2.69 bits per heavy atom. The van der Waals surface area contributed by atoms with Gasteiger partial charge in [-0.15, -0.1) is 0 Å². The summed E-state index contributed by atoms with van der Waals surface area (Å²) in [7, 11) is 2.25. The highest BCUT2D eigenvalue weighted by Crippen LogP contribution is 2.34. The van der Waals surface area contributed by atoms with Crippen LogP contribution in [0.5, 0.6) is 0 Å². The van der Waals surface area contributed by atoms with E-state index in [1.54, 1.807) is 6.20 Å². The van der Waals surface area contributed by atoms with Gasteiger partial charge >= 0.3 is 0 Å². The number of rotatable bonds is 4. The minimum Gasteiger partial charge on any atom is -0.399 e. The fraction of sp³-hybridized carbons (Fsp3) is 0.500. The van der Waals surface area contributed by atoms with Gasteiger partial charge in [-0.1, -0.05) is 0 Å². The van der Waals surface area contributed by atoms with E-state index in [1.165, 1.54) is 19.0 Å². The van der Waals surface area contributed by atoms with Crippen molar-refractivity contribution >= 4 is 5.82 Å². The molecule has 0 saturated carbocycles. The Kier molecular flexibility index (Phi) is 4.39. The number of fused-ring (bicyclic) bond motifs is 2. The van der Waals surface area contributed by atoms with Crippen molar-refractivity contribution in [1.29, 1.82) is 5.26 Å². The fourth-order valence-electron chi connectivity index (χ4n) is 4.13. The van der Waals surface area contributed by atoms with Crippen LogP contribution in [0.4, 0.5) is 5.82 Å². The van der Waals surface area contributed by atoms with Crippen molar-refractivity contribution in [2.24, 2.45) is 5.73 Å². The lowest BCUT2D eigenvalue weighted by Crippen LogP contribution is -2.47. The molecule has 0 amide bonds.